The van der Waals surface area contributed by atoms with Gasteiger partial charge in [0, 0.05) is 54.6 Å². The summed E-state index contributed by atoms with van der Waals surface area (Å²) in [6.07, 6.45) is 6.08. The molecule has 7 heteroatoms. The van der Waals surface area contributed by atoms with E-state index < -0.39 is 5.60 Å². The lowest BCUT2D eigenvalue weighted by atomic mass is 9.90. The lowest BCUT2D eigenvalue weighted by Gasteiger charge is -2.28. The van der Waals surface area contributed by atoms with Crippen molar-refractivity contribution in [3.8, 4) is 5.75 Å². The lowest BCUT2D eigenvalue weighted by Crippen LogP contribution is -2.39. The number of ether oxygens (including phenoxy) is 1. The summed E-state index contributed by atoms with van der Waals surface area (Å²) in [5.41, 5.74) is 5.24. The van der Waals surface area contributed by atoms with Crippen LogP contribution in [0.5, 0.6) is 5.75 Å². The number of aliphatic hydroxyl groups excluding tert-OH is 1. The fraction of sp³-hybridized carbons (Fsp3) is 0.406. The average Bonchev–Trinajstić information content (AvgIpc) is 3.33. The number of fused-ring (bicyclic) bond motifs is 2. The number of halogens is 1. The Morgan fingerprint density at radius 3 is 2.74 bits per heavy atom. The third-order valence-electron chi connectivity index (χ3n) is 7.76. The zero-order valence-electron chi connectivity index (χ0n) is 22.8. The molecule has 1 atom stereocenters. The van der Waals surface area contributed by atoms with Gasteiger partial charge in [-0.05, 0) is 80.3 Å². The second-order valence-electron chi connectivity index (χ2n) is 11.0. The number of rotatable bonds is 9. The fourth-order valence-corrected chi connectivity index (χ4v) is 5.73. The highest BCUT2D eigenvalue weighted by atomic mass is 35.5. The molecule has 0 spiro atoms. The van der Waals surface area contributed by atoms with E-state index in [1.54, 1.807) is 0 Å². The van der Waals surface area contributed by atoms with Crippen molar-refractivity contribution in [1.82, 2.24) is 14.8 Å². The van der Waals surface area contributed by atoms with Gasteiger partial charge in [0.2, 0.25) is 0 Å². The van der Waals surface area contributed by atoms with E-state index in [-0.39, 0.29) is 6.61 Å². The molecule has 39 heavy (non-hydrogen) atoms. The zero-order valence-corrected chi connectivity index (χ0v) is 23.6. The van der Waals surface area contributed by atoms with Crippen LogP contribution >= 0.6 is 11.6 Å². The van der Waals surface area contributed by atoms with E-state index in [1.807, 2.05) is 50.4 Å². The molecular formula is C32H38ClN3O3. The van der Waals surface area contributed by atoms with E-state index in [9.17, 15) is 10.2 Å². The molecule has 3 aromatic rings. The Bertz CT molecular complexity index is 1300. The summed E-state index contributed by atoms with van der Waals surface area (Å²) >= 11 is 6.07. The second-order valence-corrected chi connectivity index (χ2v) is 11.5. The molecule has 0 radical (unpaired) electrons. The molecule has 6 nitrogen and oxygen atoms in total. The van der Waals surface area contributed by atoms with Gasteiger partial charge in [-0.1, -0.05) is 41.9 Å². The lowest BCUT2D eigenvalue weighted by molar-refractivity contribution is 0.0785. The number of aromatic nitrogens is 1. The molecular weight excluding hydrogens is 510 g/mol. The van der Waals surface area contributed by atoms with Gasteiger partial charge in [-0.2, -0.15) is 0 Å². The number of nitrogens with zero attached hydrogens (tertiary/aromatic N) is 3. The summed E-state index contributed by atoms with van der Waals surface area (Å²) in [5.74, 6) is 0.815. The molecule has 0 saturated carbocycles. The summed E-state index contributed by atoms with van der Waals surface area (Å²) in [6.45, 7) is 8.63. The molecule has 0 bridgehead atoms. The van der Waals surface area contributed by atoms with Gasteiger partial charge in [0.25, 0.3) is 0 Å². The third-order valence-corrected chi connectivity index (χ3v) is 8.02. The number of hydrogen-bond acceptors (Lipinski definition) is 6. The van der Waals surface area contributed by atoms with Crippen molar-refractivity contribution >= 4 is 17.2 Å². The van der Waals surface area contributed by atoms with Crippen LogP contribution in [0.1, 0.15) is 54.6 Å². The summed E-state index contributed by atoms with van der Waals surface area (Å²) in [7, 11) is 0. The molecule has 3 heterocycles. The Labute approximate surface area is 236 Å². The van der Waals surface area contributed by atoms with Gasteiger partial charge in [0.05, 0.1) is 17.9 Å². The van der Waals surface area contributed by atoms with Crippen LogP contribution in [0.4, 0.5) is 0 Å². The molecule has 5 rings (SSSR count). The van der Waals surface area contributed by atoms with E-state index in [0.717, 1.165) is 77.8 Å². The number of aliphatic hydroxyl groups is 2. The van der Waals surface area contributed by atoms with Crippen molar-refractivity contribution in [2.75, 3.05) is 32.8 Å². The molecule has 0 unspecified atom stereocenters. The molecule has 206 valence electrons. The number of hydrogen-bond donors (Lipinski definition) is 2. The minimum atomic E-state index is -0.943. The van der Waals surface area contributed by atoms with Gasteiger partial charge < -0.3 is 19.8 Å². The largest absolute Gasteiger partial charge is 0.487 e. The molecule has 1 fully saturated rings. The maximum Gasteiger partial charge on any atom is 0.131 e. The number of pyridine rings is 1. The van der Waals surface area contributed by atoms with E-state index in [2.05, 4.69) is 45.1 Å². The average molecular weight is 548 g/mol. The van der Waals surface area contributed by atoms with Crippen molar-refractivity contribution in [3.05, 3.63) is 99.8 Å². The van der Waals surface area contributed by atoms with Crippen LogP contribution < -0.4 is 4.74 Å². The fourth-order valence-electron chi connectivity index (χ4n) is 5.60. The SMILES string of the molecule is CC(C)(O)c1ccc2c(c1)/C(=C/CCN1CC[C@@H](N(CCO)Cc3ccc(Cl)cc3)C1)c1cccnc1CO2. The Hall–Kier alpha value is -2.74. The van der Waals surface area contributed by atoms with Gasteiger partial charge in [0.1, 0.15) is 12.4 Å². The normalized spacial score (nSPS) is 18.6. The molecule has 1 saturated heterocycles. The van der Waals surface area contributed by atoms with Crippen molar-refractivity contribution in [3.63, 3.8) is 0 Å². The smallest absolute Gasteiger partial charge is 0.131 e. The summed E-state index contributed by atoms with van der Waals surface area (Å²) in [5, 5.41) is 21.1. The van der Waals surface area contributed by atoms with Gasteiger partial charge in [-0.15, -0.1) is 0 Å². The summed E-state index contributed by atoms with van der Waals surface area (Å²) in [6, 6.07) is 18.4. The first kappa shape index (κ1) is 27.8. The van der Waals surface area contributed by atoms with Gasteiger partial charge in [-0.25, -0.2) is 0 Å². The van der Waals surface area contributed by atoms with Gasteiger partial charge in [0.15, 0.2) is 0 Å². The van der Waals surface area contributed by atoms with Crippen molar-refractivity contribution in [1.29, 1.82) is 0 Å². The van der Waals surface area contributed by atoms with E-state index >= 15 is 0 Å². The summed E-state index contributed by atoms with van der Waals surface area (Å²) in [4.78, 5) is 9.50. The molecule has 0 amide bonds. The maximum absolute atomic E-state index is 10.7. The number of benzene rings is 2. The number of likely N-dealkylation sites (tertiary alicyclic amines) is 1. The monoisotopic (exact) mass is 547 g/mol. The predicted molar refractivity (Wildman–Crippen MR) is 156 cm³/mol. The van der Waals surface area contributed by atoms with E-state index in [0.29, 0.717) is 19.2 Å². The Morgan fingerprint density at radius 1 is 1.15 bits per heavy atom. The highest BCUT2D eigenvalue weighted by molar-refractivity contribution is 6.30. The Balaban J connectivity index is 1.31. The second kappa shape index (κ2) is 12.2. The van der Waals surface area contributed by atoms with Crippen LogP contribution in [-0.2, 0) is 18.8 Å². The minimum Gasteiger partial charge on any atom is -0.487 e. The van der Waals surface area contributed by atoms with Gasteiger partial charge >= 0.3 is 0 Å². The molecule has 0 aliphatic carbocycles. The standard InChI is InChI=1S/C32H38ClN3O3/c1-32(2,38)24-9-12-31-29(19-24)27(28-5-3-14-34-30(28)22-39-31)6-4-15-35-16-13-26(21-35)36(17-18-37)20-23-7-10-25(33)11-8-23/h3,5-12,14,19,26,37-38H,4,13,15-18,20-22H2,1-2H3/b27-6+/t26-/m1/s1. The van der Waals surface area contributed by atoms with Crippen LogP contribution in [0.3, 0.4) is 0 Å². The quantitative estimate of drug-likeness (QED) is 0.381. The maximum atomic E-state index is 10.7. The highest BCUT2D eigenvalue weighted by Gasteiger charge is 2.28. The first-order valence-corrected chi connectivity index (χ1v) is 14.2. The van der Waals surface area contributed by atoms with Crippen molar-refractivity contribution in [2.24, 2.45) is 0 Å². The van der Waals surface area contributed by atoms with Crippen LogP contribution in [-0.4, -0.2) is 63.8 Å². The molecule has 2 N–H and O–H groups in total. The van der Waals surface area contributed by atoms with E-state index in [1.165, 1.54) is 5.56 Å². The predicted octanol–water partition coefficient (Wildman–Crippen LogP) is 5.25. The van der Waals surface area contributed by atoms with Crippen LogP contribution in [0.2, 0.25) is 5.02 Å². The van der Waals surface area contributed by atoms with Crippen LogP contribution in [0, 0.1) is 0 Å². The van der Waals surface area contributed by atoms with E-state index in [4.69, 9.17) is 16.3 Å². The first-order valence-electron chi connectivity index (χ1n) is 13.8. The first-order chi connectivity index (χ1) is 18.8. The highest BCUT2D eigenvalue weighted by Crippen LogP contribution is 2.38. The third kappa shape index (κ3) is 6.71. The topological polar surface area (TPSA) is 69.1 Å². The minimum absolute atomic E-state index is 0.151. The Kier molecular flexibility index (Phi) is 8.70. The van der Waals surface area contributed by atoms with Crippen molar-refractivity contribution in [2.45, 2.75) is 51.5 Å². The van der Waals surface area contributed by atoms with Crippen LogP contribution in [0.15, 0.2) is 66.9 Å². The molecule has 2 aliphatic rings. The van der Waals surface area contributed by atoms with Crippen molar-refractivity contribution < 1.29 is 14.9 Å². The zero-order chi connectivity index (χ0) is 27.4. The Morgan fingerprint density at radius 2 is 1.97 bits per heavy atom. The molecule has 1 aromatic heterocycles. The molecule has 2 aromatic carbocycles. The molecule has 2 aliphatic heterocycles. The summed E-state index contributed by atoms with van der Waals surface area (Å²) < 4.78 is 6.14. The van der Waals surface area contributed by atoms with Gasteiger partial charge in [-0.3, -0.25) is 9.88 Å². The van der Waals surface area contributed by atoms with Crippen LogP contribution in [0.25, 0.3) is 5.57 Å².